The fraction of sp³-hybridized carbons (Fsp3) is 0.385. The van der Waals surface area contributed by atoms with Gasteiger partial charge in [-0.2, -0.15) is 0 Å². The molecule has 4 nitrogen and oxygen atoms in total. The number of methoxy groups -OCH3 is 1. The van der Waals surface area contributed by atoms with Crippen molar-refractivity contribution in [3.8, 4) is 0 Å². The lowest BCUT2D eigenvalue weighted by Gasteiger charge is -2.16. The SMILES string of the molecule is COC(=O)C(NC(=O)C1CC1)c1ccc(Br)cc1. The lowest BCUT2D eigenvalue weighted by atomic mass is 10.1. The standard InChI is InChI=1S/C13H14BrNO3/c1-18-13(17)11(15-12(16)9-2-3-9)8-4-6-10(14)7-5-8/h4-7,9,11H,2-3H2,1H3,(H,15,16). The summed E-state index contributed by atoms with van der Waals surface area (Å²) >= 11 is 3.33. The molecule has 0 aliphatic heterocycles. The van der Waals surface area contributed by atoms with Gasteiger partial charge in [-0.1, -0.05) is 28.1 Å². The van der Waals surface area contributed by atoms with E-state index < -0.39 is 12.0 Å². The summed E-state index contributed by atoms with van der Waals surface area (Å²) in [5, 5.41) is 2.74. The van der Waals surface area contributed by atoms with E-state index in [4.69, 9.17) is 4.74 Å². The number of carbonyl (C=O) groups is 2. The Bertz CT molecular complexity index is 454. The van der Waals surface area contributed by atoms with Crippen molar-refractivity contribution in [1.82, 2.24) is 5.32 Å². The molecular weight excluding hydrogens is 298 g/mol. The van der Waals surface area contributed by atoms with Crippen LogP contribution < -0.4 is 5.32 Å². The molecule has 1 aromatic carbocycles. The minimum Gasteiger partial charge on any atom is -0.467 e. The first-order valence-electron chi connectivity index (χ1n) is 5.75. The van der Waals surface area contributed by atoms with Gasteiger partial charge in [-0.15, -0.1) is 0 Å². The number of esters is 1. The number of rotatable bonds is 4. The molecule has 2 rings (SSSR count). The van der Waals surface area contributed by atoms with E-state index in [1.165, 1.54) is 7.11 Å². The molecule has 1 aliphatic carbocycles. The normalized spacial score (nSPS) is 15.9. The van der Waals surface area contributed by atoms with Gasteiger partial charge in [0.1, 0.15) is 0 Å². The van der Waals surface area contributed by atoms with Gasteiger partial charge in [-0.3, -0.25) is 4.79 Å². The molecule has 1 fully saturated rings. The van der Waals surface area contributed by atoms with Crippen molar-refractivity contribution in [2.24, 2.45) is 5.92 Å². The van der Waals surface area contributed by atoms with Crippen LogP contribution in [0.25, 0.3) is 0 Å². The molecule has 0 spiro atoms. The second-order valence-electron chi connectivity index (χ2n) is 4.29. The zero-order valence-electron chi connectivity index (χ0n) is 9.98. The number of carbonyl (C=O) groups excluding carboxylic acids is 2. The maximum atomic E-state index is 11.7. The van der Waals surface area contributed by atoms with E-state index >= 15 is 0 Å². The molecular formula is C13H14BrNO3. The first-order chi connectivity index (χ1) is 8.61. The number of amides is 1. The van der Waals surface area contributed by atoms with Gasteiger partial charge >= 0.3 is 5.97 Å². The third-order valence-electron chi connectivity index (χ3n) is 2.87. The second-order valence-corrected chi connectivity index (χ2v) is 5.21. The fourth-order valence-electron chi connectivity index (χ4n) is 1.66. The quantitative estimate of drug-likeness (QED) is 0.867. The van der Waals surface area contributed by atoms with Crippen molar-refractivity contribution >= 4 is 27.8 Å². The highest BCUT2D eigenvalue weighted by Crippen LogP contribution is 2.30. The van der Waals surface area contributed by atoms with Crippen LogP contribution in [0.5, 0.6) is 0 Å². The highest BCUT2D eigenvalue weighted by atomic mass is 79.9. The Labute approximate surface area is 114 Å². The molecule has 96 valence electrons. The van der Waals surface area contributed by atoms with Crippen molar-refractivity contribution < 1.29 is 14.3 Å². The van der Waals surface area contributed by atoms with Crippen molar-refractivity contribution in [1.29, 1.82) is 0 Å². The Balaban J connectivity index is 2.15. The topological polar surface area (TPSA) is 55.4 Å². The van der Waals surface area contributed by atoms with Gasteiger partial charge in [0.15, 0.2) is 6.04 Å². The smallest absolute Gasteiger partial charge is 0.333 e. The summed E-state index contributed by atoms with van der Waals surface area (Å²) < 4.78 is 5.65. The highest BCUT2D eigenvalue weighted by Gasteiger charge is 2.33. The molecule has 0 heterocycles. The predicted octanol–water partition coefficient (Wildman–Crippen LogP) is 2.19. The van der Waals surface area contributed by atoms with Crippen LogP contribution in [0.4, 0.5) is 0 Å². The van der Waals surface area contributed by atoms with Crippen molar-refractivity contribution in [3.05, 3.63) is 34.3 Å². The molecule has 0 bridgehead atoms. The van der Waals surface area contributed by atoms with Crippen molar-refractivity contribution in [2.45, 2.75) is 18.9 Å². The Hall–Kier alpha value is -1.36. The Kier molecular flexibility index (Phi) is 4.01. The first-order valence-corrected chi connectivity index (χ1v) is 6.55. The Morgan fingerprint density at radius 1 is 1.33 bits per heavy atom. The predicted molar refractivity (Wildman–Crippen MR) is 69.8 cm³/mol. The molecule has 5 heteroatoms. The van der Waals surface area contributed by atoms with E-state index in [1.54, 1.807) is 12.1 Å². The lowest BCUT2D eigenvalue weighted by molar-refractivity contribution is -0.145. The van der Waals surface area contributed by atoms with Crippen LogP contribution in [0.3, 0.4) is 0 Å². The number of benzene rings is 1. The number of hydrogen-bond acceptors (Lipinski definition) is 3. The zero-order chi connectivity index (χ0) is 13.1. The summed E-state index contributed by atoms with van der Waals surface area (Å²) in [6.07, 6.45) is 1.81. The molecule has 1 amide bonds. The van der Waals surface area contributed by atoms with Gasteiger partial charge in [0, 0.05) is 10.4 Å². The highest BCUT2D eigenvalue weighted by molar-refractivity contribution is 9.10. The average Bonchev–Trinajstić information content (AvgIpc) is 3.20. The molecule has 1 aliphatic rings. The van der Waals surface area contributed by atoms with E-state index in [0.29, 0.717) is 0 Å². The first kappa shape index (κ1) is 13.1. The van der Waals surface area contributed by atoms with Crippen LogP contribution in [-0.2, 0) is 14.3 Å². The third kappa shape index (κ3) is 3.10. The summed E-state index contributed by atoms with van der Waals surface area (Å²) in [6, 6.07) is 6.51. The Morgan fingerprint density at radius 2 is 1.94 bits per heavy atom. The van der Waals surface area contributed by atoms with E-state index in [-0.39, 0.29) is 11.8 Å². The zero-order valence-corrected chi connectivity index (χ0v) is 11.6. The van der Waals surface area contributed by atoms with E-state index in [9.17, 15) is 9.59 Å². The van der Waals surface area contributed by atoms with Gasteiger partial charge in [0.05, 0.1) is 7.11 Å². The molecule has 18 heavy (non-hydrogen) atoms. The average molecular weight is 312 g/mol. The van der Waals surface area contributed by atoms with Crippen molar-refractivity contribution in [2.75, 3.05) is 7.11 Å². The molecule has 1 saturated carbocycles. The number of ether oxygens (including phenoxy) is 1. The summed E-state index contributed by atoms with van der Waals surface area (Å²) in [7, 11) is 1.32. The van der Waals surface area contributed by atoms with Crippen LogP contribution in [0.2, 0.25) is 0 Å². The molecule has 0 aromatic heterocycles. The maximum absolute atomic E-state index is 11.7. The third-order valence-corrected chi connectivity index (χ3v) is 3.40. The fourth-order valence-corrected chi connectivity index (χ4v) is 1.92. The van der Waals surface area contributed by atoms with Gasteiger partial charge in [0.2, 0.25) is 5.91 Å². The molecule has 1 N–H and O–H groups in total. The molecule has 1 unspecified atom stereocenters. The maximum Gasteiger partial charge on any atom is 0.333 e. The molecule has 0 saturated heterocycles. The van der Waals surface area contributed by atoms with Gasteiger partial charge < -0.3 is 10.1 Å². The molecule has 1 aromatic rings. The van der Waals surface area contributed by atoms with Crippen molar-refractivity contribution in [3.63, 3.8) is 0 Å². The summed E-state index contributed by atoms with van der Waals surface area (Å²) in [5.41, 5.74) is 0.721. The van der Waals surface area contributed by atoms with Crippen LogP contribution in [-0.4, -0.2) is 19.0 Å². The van der Waals surface area contributed by atoms with Gasteiger partial charge in [-0.25, -0.2) is 4.79 Å². The lowest BCUT2D eigenvalue weighted by Crippen LogP contribution is -2.35. The largest absolute Gasteiger partial charge is 0.467 e. The number of halogens is 1. The van der Waals surface area contributed by atoms with Crippen LogP contribution in [0, 0.1) is 5.92 Å². The van der Waals surface area contributed by atoms with Crippen LogP contribution in [0.1, 0.15) is 24.4 Å². The van der Waals surface area contributed by atoms with E-state index in [0.717, 1.165) is 22.9 Å². The Morgan fingerprint density at radius 3 is 2.44 bits per heavy atom. The van der Waals surface area contributed by atoms with Gasteiger partial charge in [-0.05, 0) is 30.5 Å². The molecule has 1 atom stereocenters. The minimum atomic E-state index is -0.726. The summed E-state index contributed by atoms with van der Waals surface area (Å²) in [5.74, 6) is -0.466. The summed E-state index contributed by atoms with van der Waals surface area (Å²) in [4.78, 5) is 23.5. The number of hydrogen-bond donors (Lipinski definition) is 1. The second kappa shape index (κ2) is 5.52. The van der Waals surface area contributed by atoms with E-state index in [1.807, 2.05) is 12.1 Å². The summed E-state index contributed by atoms with van der Waals surface area (Å²) in [6.45, 7) is 0. The molecule has 0 radical (unpaired) electrons. The van der Waals surface area contributed by atoms with Crippen LogP contribution in [0.15, 0.2) is 28.7 Å². The number of nitrogens with one attached hydrogen (secondary N) is 1. The minimum absolute atomic E-state index is 0.0626. The van der Waals surface area contributed by atoms with E-state index in [2.05, 4.69) is 21.2 Å². The monoisotopic (exact) mass is 311 g/mol. The van der Waals surface area contributed by atoms with Gasteiger partial charge in [0.25, 0.3) is 0 Å². The van der Waals surface area contributed by atoms with Crippen LogP contribution >= 0.6 is 15.9 Å².